The second kappa shape index (κ2) is 11.6. The lowest BCUT2D eigenvalue weighted by atomic mass is 10.1. The van der Waals surface area contributed by atoms with E-state index in [0.717, 1.165) is 47.0 Å². The first-order valence-corrected chi connectivity index (χ1v) is 12.9. The highest BCUT2D eigenvalue weighted by Crippen LogP contribution is 2.32. The number of fused-ring (bicyclic) bond motifs is 1. The number of imidazole rings is 1. The molecule has 0 radical (unpaired) electrons. The number of ether oxygens (including phenoxy) is 1. The Balaban J connectivity index is 1.36. The lowest BCUT2D eigenvalue weighted by Crippen LogP contribution is -2.22. The molecule has 0 atom stereocenters. The molecule has 0 aliphatic heterocycles. The molecule has 2 amide bonds. The maximum absolute atomic E-state index is 13.3. The molecule has 0 unspecified atom stereocenters. The normalized spacial score (nSPS) is 11.0. The highest BCUT2D eigenvalue weighted by Gasteiger charge is 2.16. The van der Waals surface area contributed by atoms with Crippen LogP contribution in [0.4, 0.5) is 16.3 Å². The lowest BCUT2D eigenvalue weighted by molar-refractivity contribution is 0.262. The van der Waals surface area contributed by atoms with Gasteiger partial charge in [-0.3, -0.25) is 5.32 Å². The zero-order valence-electron chi connectivity index (χ0n) is 21.7. The molecule has 194 valence electrons. The molecule has 0 spiro atoms. The van der Waals surface area contributed by atoms with Gasteiger partial charge in [-0.05, 0) is 44.0 Å². The number of aromatic nitrogens is 4. The third-order valence-corrected chi connectivity index (χ3v) is 6.45. The average Bonchev–Trinajstić information content (AvgIpc) is 3.59. The van der Waals surface area contributed by atoms with Crippen LogP contribution in [0.15, 0.2) is 85.6 Å². The molecule has 5 aromatic rings. The van der Waals surface area contributed by atoms with Crippen LogP contribution in [0.25, 0.3) is 16.5 Å². The van der Waals surface area contributed by atoms with Gasteiger partial charge >= 0.3 is 6.03 Å². The molecule has 3 aromatic carbocycles. The Morgan fingerprint density at radius 1 is 1.00 bits per heavy atom. The lowest BCUT2D eigenvalue weighted by Gasteiger charge is -2.15. The molecular formula is C30H32N6O2. The number of benzene rings is 3. The summed E-state index contributed by atoms with van der Waals surface area (Å²) in [7, 11) is 0. The second-order valence-corrected chi connectivity index (χ2v) is 9.25. The summed E-state index contributed by atoms with van der Waals surface area (Å²) in [6, 6.07) is 19.5. The fourth-order valence-electron chi connectivity index (χ4n) is 4.39. The van der Waals surface area contributed by atoms with Crippen molar-refractivity contribution >= 4 is 28.3 Å². The summed E-state index contributed by atoms with van der Waals surface area (Å²) in [5, 5.41) is 12.5. The van der Waals surface area contributed by atoms with Gasteiger partial charge in [-0.15, -0.1) is 0 Å². The molecule has 0 aliphatic rings. The molecule has 0 aliphatic carbocycles. The van der Waals surface area contributed by atoms with Gasteiger partial charge in [0.2, 0.25) is 0 Å². The summed E-state index contributed by atoms with van der Waals surface area (Å²) in [4.78, 5) is 17.3. The zero-order chi connectivity index (χ0) is 26.3. The smallest absolute Gasteiger partial charge is 0.324 e. The number of rotatable bonds is 10. The summed E-state index contributed by atoms with van der Waals surface area (Å²) < 4.78 is 9.84. The number of carbonyl (C=O) groups excluding carboxylic acids is 1. The van der Waals surface area contributed by atoms with Crippen LogP contribution in [-0.2, 0) is 13.0 Å². The molecule has 2 aromatic heterocycles. The van der Waals surface area contributed by atoms with E-state index in [4.69, 9.17) is 4.74 Å². The second-order valence-electron chi connectivity index (χ2n) is 9.25. The van der Waals surface area contributed by atoms with E-state index in [1.807, 2.05) is 84.5 Å². The highest BCUT2D eigenvalue weighted by atomic mass is 16.5. The van der Waals surface area contributed by atoms with Gasteiger partial charge in [0, 0.05) is 28.7 Å². The Hall–Kier alpha value is -4.59. The quantitative estimate of drug-likeness (QED) is 0.223. The van der Waals surface area contributed by atoms with Gasteiger partial charge in [0.15, 0.2) is 0 Å². The van der Waals surface area contributed by atoms with Gasteiger partial charge in [-0.2, -0.15) is 5.10 Å². The van der Waals surface area contributed by atoms with E-state index in [9.17, 15) is 4.79 Å². The monoisotopic (exact) mass is 508 g/mol. The number of aryl methyl sites for hydroxylation is 2. The molecule has 8 heteroatoms. The predicted octanol–water partition coefficient (Wildman–Crippen LogP) is 6.60. The highest BCUT2D eigenvalue weighted by molar-refractivity contribution is 6.07. The number of hydrogen-bond acceptors (Lipinski definition) is 4. The zero-order valence-corrected chi connectivity index (χ0v) is 21.7. The Bertz CT molecular complexity index is 1510. The number of nitrogens with one attached hydrogen (secondary N) is 2. The first kappa shape index (κ1) is 25.1. The van der Waals surface area contributed by atoms with Crippen LogP contribution in [0, 0.1) is 6.92 Å². The first-order valence-electron chi connectivity index (χ1n) is 12.9. The van der Waals surface area contributed by atoms with Crippen LogP contribution in [-0.4, -0.2) is 32.0 Å². The van der Waals surface area contributed by atoms with Gasteiger partial charge < -0.3 is 14.6 Å². The maximum Gasteiger partial charge on any atom is 0.324 e. The van der Waals surface area contributed by atoms with E-state index in [1.54, 1.807) is 17.2 Å². The van der Waals surface area contributed by atoms with E-state index < -0.39 is 0 Å². The number of carbonyl (C=O) groups is 1. The molecular weight excluding hydrogens is 476 g/mol. The van der Waals surface area contributed by atoms with Crippen LogP contribution in [0.1, 0.15) is 30.9 Å². The van der Waals surface area contributed by atoms with Gasteiger partial charge in [0.25, 0.3) is 0 Å². The fourth-order valence-corrected chi connectivity index (χ4v) is 4.39. The number of amides is 2. The van der Waals surface area contributed by atoms with Crippen LogP contribution in [0.5, 0.6) is 5.75 Å². The topological polar surface area (TPSA) is 86.0 Å². The minimum Gasteiger partial charge on any atom is -0.491 e. The minimum atomic E-state index is -0.324. The van der Waals surface area contributed by atoms with Crippen molar-refractivity contribution in [3.63, 3.8) is 0 Å². The predicted molar refractivity (Wildman–Crippen MR) is 151 cm³/mol. The van der Waals surface area contributed by atoms with Crippen molar-refractivity contribution in [2.45, 2.75) is 39.7 Å². The molecule has 0 bridgehead atoms. The van der Waals surface area contributed by atoms with E-state index in [2.05, 4.69) is 27.6 Å². The average molecular weight is 509 g/mol. The summed E-state index contributed by atoms with van der Waals surface area (Å²) in [6.07, 6.45) is 10.2. The molecule has 5 rings (SSSR count). The Labute approximate surface area is 222 Å². The van der Waals surface area contributed by atoms with E-state index in [-0.39, 0.29) is 6.03 Å². The number of hydrogen-bond donors (Lipinski definition) is 2. The van der Waals surface area contributed by atoms with Crippen LogP contribution < -0.4 is 15.4 Å². The summed E-state index contributed by atoms with van der Waals surface area (Å²) >= 11 is 0. The first-order chi connectivity index (χ1) is 18.6. The fraction of sp³-hybridized carbons (Fsp3) is 0.233. The number of nitrogens with zero attached hydrogens (tertiary/aromatic N) is 4. The third-order valence-electron chi connectivity index (χ3n) is 6.45. The van der Waals surface area contributed by atoms with Crippen LogP contribution >= 0.6 is 0 Å². The number of anilines is 2. The SMILES string of the molecule is CCCCc1cnn(-c2ccc(C)cc2)c1NC(=O)Nc1ccc(OCCn2ccnc2)c2ccccc12. The van der Waals surface area contributed by atoms with Crippen molar-refractivity contribution in [3.8, 4) is 11.4 Å². The Morgan fingerprint density at radius 2 is 1.82 bits per heavy atom. The van der Waals surface area contributed by atoms with E-state index in [0.29, 0.717) is 24.7 Å². The molecule has 2 N–H and O–H groups in total. The number of urea groups is 1. The Morgan fingerprint density at radius 3 is 2.58 bits per heavy atom. The molecule has 2 heterocycles. The van der Waals surface area contributed by atoms with Crippen molar-refractivity contribution in [3.05, 3.63) is 96.7 Å². The van der Waals surface area contributed by atoms with Crippen molar-refractivity contribution in [2.24, 2.45) is 0 Å². The largest absolute Gasteiger partial charge is 0.491 e. The molecule has 0 saturated carbocycles. The summed E-state index contributed by atoms with van der Waals surface area (Å²) in [6.45, 7) is 5.41. The minimum absolute atomic E-state index is 0.324. The molecule has 0 saturated heterocycles. The van der Waals surface area contributed by atoms with Gasteiger partial charge in [0.05, 0.1) is 30.4 Å². The third kappa shape index (κ3) is 5.70. The van der Waals surface area contributed by atoms with Gasteiger partial charge in [0.1, 0.15) is 18.2 Å². The summed E-state index contributed by atoms with van der Waals surface area (Å²) in [5.41, 5.74) is 3.78. The van der Waals surface area contributed by atoms with Crippen molar-refractivity contribution < 1.29 is 9.53 Å². The van der Waals surface area contributed by atoms with Crippen molar-refractivity contribution in [1.29, 1.82) is 0 Å². The standard InChI is InChI=1S/C30H32N6O2/c1-3-4-7-23-20-32-36(24-12-10-22(2)11-13-24)29(23)34-30(37)33-27-14-15-28(26-9-6-5-8-25(26)27)38-19-18-35-17-16-31-21-35/h5-6,8-17,20-21H,3-4,7,18-19H2,1-2H3,(H2,33,34,37). The van der Waals surface area contributed by atoms with Crippen molar-refractivity contribution in [1.82, 2.24) is 19.3 Å². The van der Waals surface area contributed by atoms with Gasteiger partial charge in [-0.25, -0.2) is 14.5 Å². The van der Waals surface area contributed by atoms with E-state index in [1.165, 1.54) is 5.56 Å². The van der Waals surface area contributed by atoms with Crippen LogP contribution in [0.3, 0.4) is 0 Å². The van der Waals surface area contributed by atoms with Gasteiger partial charge in [-0.1, -0.05) is 55.3 Å². The Kier molecular flexibility index (Phi) is 7.68. The molecule has 38 heavy (non-hydrogen) atoms. The molecule has 0 fully saturated rings. The number of unbranched alkanes of at least 4 members (excludes halogenated alkanes) is 1. The maximum atomic E-state index is 13.3. The van der Waals surface area contributed by atoms with Crippen LogP contribution in [0.2, 0.25) is 0 Å². The molecule has 8 nitrogen and oxygen atoms in total. The summed E-state index contributed by atoms with van der Waals surface area (Å²) in [5.74, 6) is 1.45. The van der Waals surface area contributed by atoms with E-state index >= 15 is 0 Å². The van der Waals surface area contributed by atoms with Crippen molar-refractivity contribution in [2.75, 3.05) is 17.2 Å².